The minimum atomic E-state index is -3.27. The highest BCUT2D eigenvalue weighted by molar-refractivity contribution is 7.92. The molecule has 6 nitrogen and oxygen atoms in total. The van der Waals surface area contributed by atoms with Gasteiger partial charge in [0.05, 0.1) is 22.8 Å². The average Bonchev–Trinajstić information content (AvgIpc) is 3.09. The predicted molar refractivity (Wildman–Crippen MR) is 89.2 cm³/mol. The molecule has 1 atom stereocenters. The highest BCUT2D eigenvalue weighted by Gasteiger charge is 2.30. The van der Waals surface area contributed by atoms with E-state index in [4.69, 9.17) is 5.11 Å². The van der Waals surface area contributed by atoms with E-state index < -0.39 is 9.84 Å². The van der Waals surface area contributed by atoms with E-state index in [0.717, 1.165) is 25.7 Å². The fourth-order valence-electron chi connectivity index (χ4n) is 2.65. The summed E-state index contributed by atoms with van der Waals surface area (Å²) in [6.07, 6.45) is 3.39. The number of sulfone groups is 1. The molecular weight excluding hydrogens is 316 g/mol. The predicted octanol–water partition coefficient (Wildman–Crippen LogP) is 2.25. The van der Waals surface area contributed by atoms with Crippen molar-refractivity contribution in [2.24, 2.45) is 0 Å². The van der Waals surface area contributed by atoms with E-state index in [0.29, 0.717) is 10.6 Å². The Morgan fingerprint density at radius 3 is 2.39 bits per heavy atom. The molecule has 128 valence electrons. The van der Waals surface area contributed by atoms with Gasteiger partial charge in [0.15, 0.2) is 9.84 Å². The fraction of sp³-hybridized carbons (Fsp3) is 0.562. The van der Waals surface area contributed by atoms with Crippen LogP contribution in [0.15, 0.2) is 29.2 Å². The van der Waals surface area contributed by atoms with Gasteiger partial charge in [-0.3, -0.25) is 0 Å². The summed E-state index contributed by atoms with van der Waals surface area (Å²) < 4.78 is 25.0. The number of aliphatic hydroxyl groups is 1. The number of carbonyl (C=O) groups is 1. The summed E-state index contributed by atoms with van der Waals surface area (Å²) in [6.45, 7) is 1.61. The Kier molecular flexibility index (Phi) is 5.64. The SMILES string of the molecule is C[C@@H](CO)N(C)C(=O)Nc1ccc(S(=O)(=O)C2CCCC2)cc1. The summed E-state index contributed by atoms with van der Waals surface area (Å²) in [7, 11) is -1.68. The lowest BCUT2D eigenvalue weighted by atomic mass is 10.3. The molecule has 0 aromatic heterocycles. The number of nitrogens with zero attached hydrogens (tertiary/aromatic N) is 1. The lowest BCUT2D eigenvalue weighted by molar-refractivity contribution is 0.166. The molecule has 1 aromatic rings. The molecule has 0 spiro atoms. The van der Waals surface area contributed by atoms with Gasteiger partial charge in [-0.05, 0) is 44.0 Å². The van der Waals surface area contributed by atoms with Gasteiger partial charge in [0.2, 0.25) is 0 Å². The second kappa shape index (κ2) is 7.31. The molecule has 0 bridgehead atoms. The molecule has 2 N–H and O–H groups in total. The van der Waals surface area contributed by atoms with Crippen molar-refractivity contribution in [1.82, 2.24) is 4.90 Å². The largest absolute Gasteiger partial charge is 0.394 e. The van der Waals surface area contributed by atoms with Gasteiger partial charge in [0.1, 0.15) is 0 Å². The number of aliphatic hydroxyl groups excluding tert-OH is 1. The number of carbonyl (C=O) groups excluding carboxylic acids is 1. The van der Waals surface area contributed by atoms with Crippen molar-refractivity contribution in [2.45, 2.75) is 48.8 Å². The first-order valence-electron chi connectivity index (χ1n) is 7.85. The van der Waals surface area contributed by atoms with E-state index in [9.17, 15) is 13.2 Å². The van der Waals surface area contributed by atoms with Crippen molar-refractivity contribution in [2.75, 3.05) is 19.0 Å². The Balaban J connectivity index is 2.06. The van der Waals surface area contributed by atoms with E-state index >= 15 is 0 Å². The van der Waals surface area contributed by atoms with E-state index in [2.05, 4.69) is 5.32 Å². The van der Waals surface area contributed by atoms with E-state index in [1.807, 2.05) is 0 Å². The first kappa shape index (κ1) is 17.7. The van der Waals surface area contributed by atoms with Crippen LogP contribution in [0.3, 0.4) is 0 Å². The number of urea groups is 1. The molecule has 7 heteroatoms. The van der Waals surface area contributed by atoms with Gasteiger partial charge in [-0.15, -0.1) is 0 Å². The van der Waals surface area contributed by atoms with Gasteiger partial charge in [0.25, 0.3) is 0 Å². The average molecular weight is 340 g/mol. The van der Waals surface area contributed by atoms with Gasteiger partial charge in [0, 0.05) is 12.7 Å². The second-order valence-corrected chi connectivity index (χ2v) is 8.28. The van der Waals surface area contributed by atoms with Crippen molar-refractivity contribution >= 4 is 21.6 Å². The second-order valence-electron chi connectivity index (χ2n) is 6.05. The number of rotatable bonds is 5. The third-order valence-electron chi connectivity index (χ3n) is 4.42. The molecule has 1 aliphatic carbocycles. The van der Waals surface area contributed by atoms with Gasteiger partial charge in [-0.25, -0.2) is 13.2 Å². The zero-order valence-corrected chi connectivity index (χ0v) is 14.3. The summed E-state index contributed by atoms with van der Waals surface area (Å²) in [5, 5.41) is 11.5. The van der Waals surface area contributed by atoms with Crippen LogP contribution in [0.5, 0.6) is 0 Å². The molecule has 0 unspecified atom stereocenters. The summed E-state index contributed by atoms with van der Waals surface area (Å²) in [6, 6.07) is 5.63. The highest BCUT2D eigenvalue weighted by atomic mass is 32.2. The quantitative estimate of drug-likeness (QED) is 0.861. The van der Waals surface area contributed by atoms with Crippen molar-refractivity contribution in [1.29, 1.82) is 0 Å². The van der Waals surface area contributed by atoms with E-state index in [1.54, 1.807) is 38.2 Å². The van der Waals surface area contributed by atoms with Crippen LogP contribution in [-0.4, -0.2) is 49.4 Å². The maximum atomic E-state index is 12.5. The van der Waals surface area contributed by atoms with Crippen LogP contribution in [-0.2, 0) is 9.84 Å². The maximum absolute atomic E-state index is 12.5. The van der Waals surface area contributed by atoms with Crippen LogP contribution in [0.1, 0.15) is 32.6 Å². The van der Waals surface area contributed by atoms with Gasteiger partial charge in [-0.1, -0.05) is 12.8 Å². The van der Waals surface area contributed by atoms with Crippen LogP contribution < -0.4 is 5.32 Å². The minimum Gasteiger partial charge on any atom is -0.394 e. The van der Waals surface area contributed by atoms with Crippen LogP contribution in [0.2, 0.25) is 0 Å². The molecule has 0 heterocycles. The molecule has 1 saturated carbocycles. The Labute approximate surface area is 137 Å². The summed E-state index contributed by atoms with van der Waals surface area (Å²) in [4.78, 5) is 13.7. The lowest BCUT2D eigenvalue weighted by Crippen LogP contribution is -2.40. The van der Waals surface area contributed by atoms with Crippen molar-refractivity contribution < 1.29 is 18.3 Å². The van der Waals surface area contributed by atoms with E-state index in [-0.39, 0.29) is 23.9 Å². The van der Waals surface area contributed by atoms with Crippen LogP contribution >= 0.6 is 0 Å². The first-order chi connectivity index (χ1) is 10.9. The van der Waals surface area contributed by atoms with Crippen LogP contribution in [0.25, 0.3) is 0 Å². The minimum absolute atomic E-state index is 0.123. The number of anilines is 1. The van der Waals surface area contributed by atoms with Crippen LogP contribution in [0, 0.1) is 0 Å². The Morgan fingerprint density at radius 1 is 1.30 bits per heavy atom. The molecular formula is C16H24N2O4S. The molecule has 2 rings (SSSR count). The van der Waals surface area contributed by atoms with Gasteiger partial charge in [-0.2, -0.15) is 0 Å². The van der Waals surface area contributed by atoms with Gasteiger partial charge >= 0.3 is 6.03 Å². The zero-order chi connectivity index (χ0) is 17.0. The number of benzene rings is 1. The number of amides is 2. The number of nitrogens with one attached hydrogen (secondary N) is 1. The summed E-state index contributed by atoms with van der Waals surface area (Å²) >= 11 is 0. The zero-order valence-electron chi connectivity index (χ0n) is 13.5. The fourth-order valence-corrected chi connectivity index (χ4v) is 4.51. The Bertz CT molecular complexity index is 637. The molecule has 2 amide bonds. The third kappa shape index (κ3) is 4.03. The summed E-state index contributed by atoms with van der Waals surface area (Å²) in [5.74, 6) is 0. The number of hydrogen-bond acceptors (Lipinski definition) is 4. The Hall–Kier alpha value is -1.60. The third-order valence-corrected chi connectivity index (χ3v) is 6.70. The molecule has 0 saturated heterocycles. The number of likely N-dealkylation sites (N-methyl/N-ethyl adjacent to an activating group) is 1. The lowest BCUT2D eigenvalue weighted by Gasteiger charge is -2.23. The van der Waals surface area contributed by atoms with Crippen molar-refractivity contribution in [3.05, 3.63) is 24.3 Å². The topological polar surface area (TPSA) is 86.7 Å². The number of hydrogen-bond donors (Lipinski definition) is 2. The standard InChI is InChI=1S/C16H24N2O4S/c1-12(11-19)18(2)16(20)17-13-7-9-15(10-8-13)23(21,22)14-5-3-4-6-14/h7-10,12,14,19H,3-6,11H2,1-2H3,(H,17,20)/t12-/m0/s1. The molecule has 0 aliphatic heterocycles. The van der Waals surface area contributed by atoms with Crippen molar-refractivity contribution in [3.63, 3.8) is 0 Å². The normalized spacial score (nSPS) is 17.0. The smallest absolute Gasteiger partial charge is 0.321 e. The monoisotopic (exact) mass is 340 g/mol. The molecule has 1 aliphatic rings. The van der Waals surface area contributed by atoms with Crippen molar-refractivity contribution in [3.8, 4) is 0 Å². The first-order valence-corrected chi connectivity index (χ1v) is 9.39. The van der Waals surface area contributed by atoms with Crippen LogP contribution in [0.4, 0.5) is 10.5 Å². The molecule has 1 aromatic carbocycles. The molecule has 1 fully saturated rings. The summed E-state index contributed by atoms with van der Waals surface area (Å²) in [5.41, 5.74) is 0.525. The highest BCUT2D eigenvalue weighted by Crippen LogP contribution is 2.30. The molecule has 0 radical (unpaired) electrons. The molecule has 23 heavy (non-hydrogen) atoms. The van der Waals surface area contributed by atoms with Gasteiger partial charge < -0.3 is 15.3 Å². The Morgan fingerprint density at radius 2 is 1.87 bits per heavy atom. The maximum Gasteiger partial charge on any atom is 0.321 e. The van der Waals surface area contributed by atoms with E-state index in [1.165, 1.54) is 4.90 Å².